The van der Waals surface area contributed by atoms with Crippen LogP contribution in [0.3, 0.4) is 0 Å². The quantitative estimate of drug-likeness (QED) is 0.144. The molecule has 46 heavy (non-hydrogen) atoms. The van der Waals surface area contributed by atoms with Gasteiger partial charge in [0.25, 0.3) is 0 Å². The van der Waals surface area contributed by atoms with E-state index in [9.17, 15) is 0 Å². The number of nitrogens with zero attached hydrogens (tertiary/aromatic N) is 1. The Bertz CT molecular complexity index is 1710. The molecule has 0 aromatic heterocycles. The van der Waals surface area contributed by atoms with Crippen molar-refractivity contribution in [3.05, 3.63) is 191 Å². The van der Waals surface area contributed by atoms with Gasteiger partial charge in [-0.3, -0.25) is 0 Å². The number of anilines is 3. The molecule has 0 heterocycles. The first kappa shape index (κ1) is 35.4. The van der Waals surface area contributed by atoms with Crippen LogP contribution >= 0.6 is 0 Å². The molecule has 4 aromatic rings. The Kier molecular flexibility index (Phi) is 13.4. The second-order valence-electron chi connectivity index (χ2n) is 11.8. The van der Waals surface area contributed by atoms with Gasteiger partial charge in [0.2, 0.25) is 0 Å². The first-order chi connectivity index (χ1) is 22.0. The van der Waals surface area contributed by atoms with E-state index < -0.39 is 0 Å². The largest absolute Gasteiger partial charge is 0.399 e. The van der Waals surface area contributed by atoms with Gasteiger partial charge in [0.05, 0.1) is 0 Å². The van der Waals surface area contributed by atoms with Gasteiger partial charge in [-0.2, -0.15) is 0 Å². The minimum absolute atomic E-state index is 0.838. The molecule has 2 N–H and O–H groups in total. The normalized spacial score (nSPS) is 12.0. The van der Waals surface area contributed by atoms with E-state index in [1.54, 1.807) is 0 Å². The predicted molar refractivity (Wildman–Crippen MR) is 205 cm³/mol. The van der Waals surface area contributed by atoms with E-state index in [2.05, 4.69) is 157 Å². The fourth-order valence-electron chi connectivity index (χ4n) is 5.32. The summed E-state index contributed by atoms with van der Waals surface area (Å²) in [6.45, 7) is 23.1. The zero-order valence-corrected chi connectivity index (χ0v) is 28.8. The average molecular weight is 607 g/mol. The highest BCUT2D eigenvalue weighted by Gasteiger charge is 2.14. The molecule has 4 aromatic carbocycles. The van der Waals surface area contributed by atoms with E-state index in [1.807, 2.05) is 37.3 Å². The zero-order valence-electron chi connectivity index (χ0n) is 28.8. The number of hydrogen-bond donors (Lipinski definition) is 1. The molecule has 0 radical (unpaired) electrons. The van der Waals surface area contributed by atoms with Gasteiger partial charge < -0.3 is 10.6 Å². The monoisotopic (exact) mass is 606 g/mol. The Hall–Kier alpha value is -5.08. The molecule has 236 valence electrons. The van der Waals surface area contributed by atoms with E-state index in [4.69, 9.17) is 5.73 Å². The summed E-state index contributed by atoms with van der Waals surface area (Å²) in [7, 11) is 0. The summed E-state index contributed by atoms with van der Waals surface area (Å²) in [5, 5.41) is 0. The Labute approximate surface area is 278 Å². The van der Waals surface area contributed by atoms with E-state index in [0.29, 0.717) is 0 Å². The second-order valence-corrected chi connectivity index (χ2v) is 11.8. The van der Waals surface area contributed by atoms with Crippen molar-refractivity contribution < 1.29 is 0 Å². The molecule has 0 saturated heterocycles. The topological polar surface area (TPSA) is 29.3 Å². The zero-order chi connectivity index (χ0) is 33.6. The van der Waals surface area contributed by atoms with Crippen molar-refractivity contribution >= 4 is 22.6 Å². The number of aryl methyl sites for hydroxylation is 4. The molecule has 0 bridgehead atoms. The number of rotatable bonds is 10. The maximum absolute atomic E-state index is 5.46. The third-order valence-electron chi connectivity index (χ3n) is 7.70. The van der Waals surface area contributed by atoms with Crippen molar-refractivity contribution in [2.75, 3.05) is 10.6 Å². The Morgan fingerprint density at radius 1 is 0.783 bits per heavy atom. The van der Waals surface area contributed by atoms with Crippen molar-refractivity contribution in [2.24, 2.45) is 0 Å². The minimum Gasteiger partial charge on any atom is -0.399 e. The van der Waals surface area contributed by atoms with E-state index >= 15 is 0 Å². The van der Waals surface area contributed by atoms with Gasteiger partial charge in [0.1, 0.15) is 0 Å². The van der Waals surface area contributed by atoms with Gasteiger partial charge in [0, 0.05) is 22.8 Å². The molecule has 0 aliphatic heterocycles. The van der Waals surface area contributed by atoms with Crippen molar-refractivity contribution in [2.45, 2.75) is 54.9 Å². The molecular formula is C44H50N2. The number of allylic oxidation sites excluding steroid dienone is 9. The van der Waals surface area contributed by atoms with Crippen LogP contribution in [0.4, 0.5) is 17.1 Å². The average Bonchev–Trinajstić information content (AvgIpc) is 3.01. The van der Waals surface area contributed by atoms with Gasteiger partial charge in [-0.25, -0.2) is 0 Å². The van der Waals surface area contributed by atoms with Gasteiger partial charge in [-0.15, -0.1) is 0 Å². The molecule has 0 aliphatic carbocycles. The maximum atomic E-state index is 5.46. The van der Waals surface area contributed by atoms with Crippen LogP contribution in [-0.4, -0.2) is 0 Å². The maximum Gasteiger partial charge on any atom is 0.0463 e. The predicted octanol–water partition coefficient (Wildman–Crippen LogP) is 12.1. The highest BCUT2D eigenvalue weighted by molar-refractivity contribution is 5.82. The summed E-state index contributed by atoms with van der Waals surface area (Å²) in [4.78, 5) is 2.24. The number of nitrogens with two attached hydrogens (primary N) is 1. The summed E-state index contributed by atoms with van der Waals surface area (Å²) >= 11 is 0. The molecule has 0 fully saturated rings. The number of nitrogen functional groups attached to an aromatic ring is 1. The molecule has 2 nitrogen and oxygen atoms in total. The van der Waals surface area contributed by atoms with Crippen molar-refractivity contribution in [1.29, 1.82) is 0 Å². The molecule has 0 spiro atoms. The van der Waals surface area contributed by atoms with Gasteiger partial charge in [0.15, 0.2) is 0 Å². The van der Waals surface area contributed by atoms with E-state index in [1.165, 1.54) is 44.5 Å². The third-order valence-corrected chi connectivity index (χ3v) is 7.70. The van der Waals surface area contributed by atoms with Crippen molar-refractivity contribution in [3.8, 4) is 0 Å². The van der Waals surface area contributed by atoms with Crippen molar-refractivity contribution in [3.63, 3.8) is 0 Å². The van der Waals surface area contributed by atoms with Gasteiger partial charge >= 0.3 is 0 Å². The molecule has 0 unspecified atom stereocenters. The highest BCUT2D eigenvalue weighted by atomic mass is 15.1. The summed E-state index contributed by atoms with van der Waals surface area (Å²) in [6.07, 6.45) is 13.6. The molecule has 0 aliphatic rings. The smallest absolute Gasteiger partial charge is 0.0463 e. The standard InChI is InChI=1S/C37H41N.C7H9N/c1-9-27(3)15-11-12-18-33-21-22-37(31(7)26-33)36(10-2)30(6)25-32(8)38(34-19-13-16-28(4)23-34)35-20-14-17-29(5)24-35;1-6-3-2-4-7(8)5-6/h9-17,19-26H,1,8,18H2,2-7H3;2-5H,8H2,1H3/b12-11-,27-15-,30-25-,36-10+;. The van der Waals surface area contributed by atoms with Crippen LogP contribution in [-0.2, 0) is 6.42 Å². The minimum atomic E-state index is 0.838. The second kappa shape index (κ2) is 17.4. The lowest BCUT2D eigenvalue weighted by Gasteiger charge is -2.27. The van der Waals surface area contributed by atoms with Crippen LogP contribution in [0.2, 0.25) is 0 Å². The molecular weight excluding hydrogens is 556 g/mol. The van der Waals surface area contributed by atoms with Crippen molar-refractivity contribution in [1.82, 2.24) is 0 Å². The van der Waals surface area contributed by atoms with Crippen LogP contribution in [0.1, 0.15) is 54.2 Å². The first-order valence-corrected chi connectivity index (χ1v) is 15.9. The van der Waals surface area contributed by atoms with Gasteiger partial charge in [-0.05, 0) is 142 Å². The summed E-state index contributed by atoms with van der Waals surface area (Å²) in [6, 6.07) is 31.7. The SMILES string of the molecule is C=C/C(C)=C\C=C/Cc1ccc(C(=C/C)/C(C)=C\C(=C)N(c2cccc(C)c2)c2cccc(C)c2)c(C)c1.Cc1cccc(N)c1. The Morgan fingerprint density at radius 3 is 1.85 bits per heavy atom. The van der Waals surface area contributed by atoms with Crippen LogP contribution in [0.15, 0.2) is 157 Å². The summed E-state index contributed by atoms with van der Waals surface area (Å²) in [5.74, 6) is 0. The lowest BCUT2D eigenvalue weighted by atomic mass is 9.92. The van der Waals surface area contributed by atoms with E-state index in [-0.39, 0.29) is 0 Å². The lowest BCUT2D eigenvalue weighted by molar-refractivity contribution is 1.19. The molecule has 0 saturated carbocycles. The Balaban J connectivity index is 0.000000625. The molecule has 2 heteroatoms. The van der Waals surface area contributed by atoms with E-state index in [0.717, 1.165) is 34.8 Å². The third kappa shape index (κ3) is 10.5. The van der Waals surface area contributed by atoms with Crippen LogP contribution in [0, 0.1) is 27.7 Å². The summed E-state index contributed by atoms with van der Waals surface area (Å²) < 4.78 is 0. The van der Waals surface area contributed by atoms with Gasteiger partial charge in [-0.1, -0.05) is 104 Å². The van der Waals surface area contributed by atoms with Crippen LogP contribution in [0.25, 0.3) is 5.57 Å². The summed E-state index contributed by atoms with van der Waals surface area (Å²) in [5.41, 5.74) is 20.5. The fraction of sp³-hybridized carbons (Fsp3) is 0.182. The fourth-order valence-corrected chi connectivity index (χ4v) is 5.32. The molecule has 0 amide bonds. The van der Waals surface area contributed by atoms with Crippen LogP contribution in [0.5, 0.6) is 0 Å². The lowest BCUT2D eigenvalue weighted by Crippen LogP contribution is -2.15. The number of hydrogen-bond acceptors (Lipinski definition) is 2. The van der Waals surface area contributed by atoms with Crippen LogP contribution < -0.4 is 10.6 Å². The molecule has 0 atom stereocenters. The highest BCUT2D eigenvalue weighted by Crippen LogP contribution is 2.33. The Morgan fingerprint density at radius 2 is 1.37 bits per heavy atom. The first-order valence-electron chi connectivity index (χ1n) is 15.9. The number of benzene rings is 4. The molecule has 4 rings (SSSR count).